The highest BCUT2D eigenvalue weighted by molar-refractivity contribution is 4.85. The van der Waals surface area contributed by atoms with Crippen LogP contribution in [0.3, 0.4) is 0 Å². The standard InChI is InChI=1S/C9H18O5/c1-10-6-5-14-9(13-4)8(12-3)7(6)11-2/h6-9H,5H2,1-4H3/t6-,7+,8-,9+/m1/s1. The molecule has 14 heavy (non-hydrogen) atoms. The molecule has 0 amide bonds. The van der Waals surface area contributed by atoms with Crippen molar-refractivity contribution in [3.8, 4) is 0 Å². The van der Waals surface area contributed by atoms with Gasteiger partial charge in [-0.05, 0) is 0 Å². The molecule has 5 nitrogen and oxygen atoms in total. The lowest BCUT2D eigenvalue weighted by Gasteiger charge is -2.39. The first-order valence-electron chi connectivity index (χ1n) is 4.51. The van der Waals surface area contributed by atoms with E-state index >= 15 is 0 Å². The zero-order chi connectivity index (χ0) is 10.6. The minimum atomic E-state index is -0.392. The van der Waals surface area contributed by atoms with Gasteiger partial charge in [-0.15, -0.1) is 0 Å². The maximum absolute atomic E-state index is 5.41. The summed E-state index contributed by atoms with van der Waals surface area (Å²) in [5, 5.41) is 0. The van der Waals surface area contributed by atoms with Crippen LogP contribution in [0, 0.1) is 0 Å². The normalized spacial score (nSPS) is 38.6. The van der Waals surface area contributed by atoms with Crippen LogP contribution in [0.1, 0.15) is 0 Å². The minimum Gasteiger partial charge on any atom is -0.376 e. The fraction of sp³-hybridized carbons (Fsp3) is 1.00. The summed E-state index contributed by atoms with van der Waals surface area (Å²) in [6, 6.07) is 0. The van der Waals surface area contributed by atoms with E-state index in [1.165, 1.54) is 0 Å². The quantitative estimate of drug-likeness (QED) is 0.649. The molecule has 0 radical (unpaired) electrons. The highest BCUT2D eigenvalue weighted by atomic mass is 16.7. The third kappa shape index (κ3) is 2.24. The molecule has 0 aromatic rings. The van der Waals surface area contributed by atoms with Crippen molar-refractivity contribution in [1.29, 1.82) is 0 Å². The molecule has 0 aromatic heterocycles. The molecule has 1 saturated heterocycles. The Hall–Kier alpha value is -0.200. The van der Waals surface area contributed by atoms with Gasteiger partial charge < -0.3 is 23.7 Å². The third-order valence-corrected chi connectivity index (χ3v) is 2.46. The number of hydrogen-bond donors (Lipinski definition) is 0. The Balaban J connectivity index is 2.67. The predicted octanol–water partition coefficient (Wildman–Crippen LogP) is 0.0341. The number of rotatable bonds is 4. The van der Waals surface area contributed by atoms with Crippen LogP contribution < -0.4 is 0 Å². The molecule has 84 valence electrons. The molecule has 0 saturated carbocycles. The van der Waals surface area contributed by atoms with Crippen LogP contribution in [0.25, 0.3) is 0 Å². The average Bonchev–Trinajstić information content (AvgIpc) is 2.26. The van der Waals surface area contributed by atoms with Crippen molar-refractivity contribution in [2.75, 3.05) is 35.0 Å². The number of hydrogen-bond acceptors (Lipinski definition) is 5. The monoisotopic (exact) mass is 206 g/mol. The Labute approximate surface area is 84.2 Å². The minimum absolute atomic E-state index is 0.114. The molecule has 0 aromatic carbocycles. The molecule has 5 heteroatoms. The predicted molar refractivity (Wildman–Crippen MR) is 49.1 cm³/mol. The summed E-state index contributed by atoms with van der Waals surface area (Å²) in [6.45, 7) is 0.452. The highest BCUT2D eigenvalue weighted by Gasteiger charge is 2.41. The van der Waals surface area contributed by atoms with Crippen molar-refractivity contribution in [2.24, 2.45) is 0 Å². The van der Waals surface area contributed by atoms with Crippen molar-refractivity contribution >= 4 is 0 Å². The van der Waals surface area contributed by atoms with Gasteiger partial charge in [0.15, 0.2) is 6.29 Å². The molecule has 1 heterocycles. The Morgan fingerprint density at radius 2 is 1.50 bits per heavy atom. The molecule has 0 bridgehead atoms. The fourth-order valence-corrected chi connectivity index (χ4v) is 1.68. The molecular weight excluding hydrogens is 188 g/mol. The van der Waals surface area contributed by atoms with E-state index in [0.29, 0.717) is 6.61 Å². The van der Waals surface area contributed by atoms with Crippen LogP contribution in [0.2, 0.25) is 0 Å². The van der Waals surface area contributed by atoms with E-state index in [0.717, 1.165) is 0 Å². The summed E-state index contributed by atoms with van der Waals surface area (Å²) in [5.74, 6) is 0. The molecule has 0 N–H and O–H groups in total. The van der Waals surface area contributed by atoms with Crippen molar-refractivity contribution in [3.63, 3.8) is 0 Å². The van der Waals surface area contributed by atoms with Crippen molar-refractivity contribution in [1.82, 2.24) is 0 Å². The van der Waals surface area contributed by atoms with Gasteiger partial charge in [0.2, 0.25) is 0 Å². The molecule has 4 atom stereocenters. The van der Waals surface area contributed by atoms with E-state index in [9.17, 15) is 0 Å². The van der Waals surface area contributed by atoms with Gasteiger partial charge in [0.05, 0.1) is 6.61 Å². The van der Waals surface area contributed by atoms with E-state index in [1.807, 2.05) is 0 Å². The van der Waals surface area contributed by atoms with Gasteiger partial charge in [-0.25, -0.2) is 0 Å². The largest absolute Gasteiger partial charge is 0.376 e. The lowest BCUT2D eigenvalue weighted by Crippen LogP contribution is -2.55. The zero-order valence-corrected chi connectivity index (χ0v) is 9.06. The average molecular weight is 206 g/mol. The number of ether oxygens (including phenoxy) is 5. The van der Waals surface area contributed by atoms with Crippen molar-refractivity contribution in [2.45, 2.75) is 24.6 Å². The van der Waals surface area contributed by atoms with E-state index < -0.39 is 6.29 Å². The van der Waals surface area contributed by atoms with Crippen LogP contribution >= 0.6 is 0 Å². The molecule has 1 rings (SSSR count). The van der Waals surface area contributed by atoms with Gasteiger partial charge in [0.1, 0.15) is 18.3 Å². The second-order valence-corrected chi connectivity index (χ2v) is 3.11. The first-order valence-corrected chi connectivity index (χ1v) is 4.51. The first-order chi connectivity index (χ1) is 6.78. The summed E-state index contributed by atoms with van der Waals surface area (Å²) in [4.78, 5) is 0. The first kappa shape index (κ1) is 11.9. The summed E-state index contributed by atoms with van der Waals surface area (Å²) in [5.41, 5.74) is 0. The zero-order valence-electron chi connectivity index (χ0n) is 9.06. The van der Waals surface area contributed by atoms with Crippen LogP contribution in [-0.2, 0) is 23.7 Å². The van der Waals surface area contributed by atoms with Gasteiger partial charge in [-0.3, -0.25) is 0 Å². The Bertz CT molecular complexity index is 145. The molecule has 1 aliphatic heterocycles. The van der Waals surface area contributed by atoms with E-state index in [4.69, 9.17) is 23.7 Å². The molecule has 0 spiro atoms. The van der Waals surface area contributed by atoms with E-state index in [-0.39, 0.29) is 18.3 Å². The lowest BCUT2D eigenvalue weighted by molar-refractivity contribution is -0.276. The van der Waals surface area contributed by atoms with Crippen molar-refractivity contribution < 1.29 is 23.7 Å². The van der Waals surface area contributed by atoms with Crippen LogP contribution in [0.5, 0.6) is 0 Å². The molecule has 0 unspecified atom stereocenters. The SMILES string of the molecule is CO[C@H]1OC[C@@H](OC)[C@H](OC)[C@H]1OC. The highest BCUT2D eigenvalue weighted by Crippen LogP contribution is 2.22. The topological polar surface area (TPSA) is 46.2 Å². The molecule has 1 fully saturated rings. The summed E-state index contributed by atoms with van der Waals surface area (Å²) >= 11 is 0. The molecule has 0 aliphatic carbocycles. The fourth-order valence-electron chi connectivity index (χ4n) is 1.68. The van der Waals surface area contributed by atoms with E-state index in [1.54, 1.807) is 28.4 Å². The van der Waals surface area contributed by atoms with Gasteiger partial charge in [0.25, 0.3) is 0 Å². The third-order valence-electron chi connectivity index (χ3n) is 2.46. The Morgan fingerprint density at radius 3 is 1.93 bits per heavy atom. The maximum atomic E-state index is 5.41. The summed E-state index contributed by atoms with van der Waals surface area (Å²) < 4.78 is 26.4. The number of methoxy groups -OCH3 is 4. The molecule has 1 aliphatic rings. The maximum Gasteiger partial charge on any atom is 0.186 e. The summed E-state index contributed by atoms with van der Waals surface area (Å²) in [7, 11) is 6.43. The van der Waals surface area contributed by atoms with Gasteiger partial charge in [-0.2, -0.15) is 0 Å². The molecular formula is C9H18O5. The van der Waals surface area contributed by atoms with Gasteiger partial charge in [-0.1, -0.05) is 0 Å². The smallest absolute Gasteiger partial charge is 0.186 e. The Morgan fingerprint density at radius 1 is 0.857 bits per heavy atom. The lowest BCUT2D eigenvalue weighted by atomic mass is 10.0. The van der Waals surface area contributed by atoms with E-state index in [2.05, 4.69) is 0 Å². The van der Waals surface area contributed by atoms with Gasteiger partial charge in [0, 0.05) is 28.4 Å². The van der Waals surface area contributed by atoms with Gasteiger partial charge >= 0.3 is 0 Å². The van der Waals surface area contributed by atoms with Crippen LogP contribution in [-0.4, -0.2) is 59.6 Å². The summed E-state index contributed by atoms with van der Waals surface area (Å²) in [6.07, 6.45) is -0.930. The van der Waals surface area contributed by atoms with Crippen LogP contribution in [0.4, 0.5) is 0 Å². The van der Waals surface area contributed by atoms with Crippen LogP contribution in [0.15, 0.2) is 0 Å². The second kappa shape index (κ2) is 5.63. The second-order valence-electron chi connectivity index (χ2n) is 3.11. The Kier molecular flexibility index (Phi) is 4.77. The van der Waals surface area contributed by atoms with Crippen molar-refractivity contribution in [3.05, 3.63) is 0 Å².